The SMILES string of the molecule is CC(C)(C)C#Cc1ccc(C(=O)Nc2ccc3c(c2)OC[C@@H](CO)N3)c(F)c1. The van der Waals surface area contributed by atoms with Gasteiger partial charge in [0.1, 0.15) is 18.2 Å². The minimum atomic E-state index is -0.625. The summed E-state index contributed by atoms with van der Waals surface area (Å²) in [5.41, 5.74) is 1.50. The molecular formula is C22H23FN2O3. The number of benzene rings is 2. The fourth-order valence-corrected chi connectivity index (χ4v) is 2.62. The molecule has 0 saturated heterocycles. The third-order valence-corrected chi connectivity index (χ3v) is 4.06. The lowest BCUT2D eigenvalue weighted by molar-refractivity contribution is 0.102. The molecule has 0 fully saturated rings. The van der Waals surface area contributed by atoms with Crippen LogP contribution in [-0.2, 0) is 0 Å². The van der Waals surface area contributed by atoms with E-state index in [-0.39, 0.29) is 23.6 Å². The van der Waals surface area contributed by atoms with E-state index in [1.807, 2.05) is 20.8 Å². The van der Waals surface area contributed by atoms with Crippen LogP contribution in [0.5, 0.6) is 5.75 Å². The van der Waals surface area contributed by atoms with E-state index in [2.05, 4.69) is 22.5 Å². The third-order valence-electron chi connectivity index (χ3n) is 4.06. The zero-order valence-corrected chi connectivity index (χ0v) is 16.1. The minimum absolute atomic E-state index is 0.0344. The van der Waals surface area contributed by atoms with E-state index in [9.17, 15) is 14.3 Å². The first-order valence-electron chi connectivity index (χ1n) is 9.03. The average molecular weight is 382 g/mol. The molecule has 0 saturated carbocycles. The van der Waals surface area contributed by atoms with Crippen molar-refractivity contribution in [2.45, 2.75) is 26.8 Å². The molecule has 146 valence electrons. The van der Waals surface area contributed by atoms with Crippen LogP contribution < -0.4 is 15.4 Å². The lowest BCUT2D eigenvalue weighted by atomic mass is 9.97. The number of amides is 1. The molecule has 5 nitrogen and oxygen atoms in total. The molecule has 1 heterocycles. The summed E-state index contributed by atoms with van der Waals surface area (Å²) in [6.45, 7) is 6.21. The van der Waals surface area contributed by atoms with Gasteiger partial charge in [0, 0.05) is 22.7 Å². The monoisotopic (exact) mass is 382 g/mol. The van der Waals surface area contributed by atoms with Crippen molar-refractivity contribution < 1.29 is 19.0 Å². The maximum Gasteiger partial charge on any atom is 0.258 e. The van der Waals surface area contributed by atoms with Crippen LogP contribution in [0.3, 0.4) is 0 Å². The quantitative estimate of drug-likeness (QED) is 0.709. The number of ether oxygens (including phenoxy) is 1. The molecule has 0 aliphatic carbocycles. The van der Waals surface area contributed by atoms with E-state index >= 15 is 0 Å². The van der Waals surface area contributed by atoms with Gasteiger partial charge in [0.05, 0.1) is 23.9 Å². The van der Waals surface area contributed by atoms with Gasteiger partial charge in [-0.1, -0.05) is 11.8 Å². The van der Waals surface area contributed by atoms with Crippen molar-refractivity contribution in [1.82, 2.24) is 0 Å². The van der Waals surface area contributed by atoms with Crippen LogP contribution in [0, 0.1) is 23.1 Å². The van der Waals surface area contributed by atoms with Gasteiger partial charge in [0.15, 0.2) is 0 Å². The number of hydrogen-bond donors (Lipinski definition) is 3. The number of nitrogens with one attached hydrogen (secondary N) is 2. The van der Waals surface area contributed by atoms with E-state index in [0.29, 0.717) is 23.6 Å². The van der Waals surface area contributed by atoms with E-state index < -0.39 is 11.7 Å². The first-order valence-corrected chi connectivity index (χ1v) is 9.03. The third kappa shape index (κ3) is 4.81. The second-order valence-electron chi connectivity index (χ2n) is 7.69. The highest BCUT2D eigenvalue weighted by molar-refractivity contribution is 6.04. The van der Waals surface area contributed by atoms with Crippen molar-refractivity contribution in [3.8, 4) is 17.6 Å². The molecule has 1 aliphatic heterocycles. The Morgan fingerprint density at radius 2 is 2.11 bits per heavy atom. The molecule has 1 aliphatic rings. The fraction of sp³-hybridized carbons (Fsp3) is 0.318. The summed E-state index contributed by atoms with van der Waals surface area (Å²) in [5, 5.41) is 15.0. The predicted molar refractivity (Wildman–Crippen MR) is 107 cm³/mol. The summed E-state index contributed by atoms with van der Waals surface area (Å²) < 4.78 is 20.0. The van der Waals surface area contributed by atoms with E-state index in [4.69, 9.17) is 4.74 Å². The Hall–Kier alpha value is -3.04. The fourth-order valence-electron chi connectivity index (χ4n) is 2.62. The normalized spacial score (nSPS) is 15.4. The Labute approximate surface area is 163 Å². The van der Waals surface area contributed by atoms with Gasteiger partial charge in [-0.15, -0.1) is 0 Å². The van der Waals surface area contributed by atoms with Gasteiger partial charge in [-0.2, -0.15) is 0 Å². The number of carbonyl (C=O) groups is 1. The molecule has 3 rings (SSSR count). The number of aliphatic hydroxyl groups is 1. The summed E-state index contributed by atoms with van der Waals surface area (Å²) in [6, 6.07) is 9.26. The van der Waals surface area contributed by atoms with Crippen molar-refractivity contribution in [3.05, 3.63) is 53.3 Å². The smallest absolute Gasteiger partial charge is 0.258 e. The lowest BCUT2D eigenvalue weighted by Crippen LogP contribution is -2.34. The van der Waals surface area contributed by atoms with Crippen LogP contribution in [-0.4, -0.2) is 30.3 Å². The van der Waals surface area contributed by atoms with Gasteiger partial charge < -0.3 is 20.5 Å². The zero-order chi connectivity index (χ0) is 20.3. The van der Waals surface area contributed by atoms with E-state index in [1.165, 1.54) is 12.1 Å². The molecule has 0 spiro atoms. The van der Waals surface area contributed by atoms with E-state index in [0.717, 1.165) is 5.69 Å². The van der Waals surface area contributed by atoms with Crippen LogP contribution in [0.25, 0.3) is 0 Å². The maximum absolute atomic E-state index is 14.4. The van der Waals surface area contributed by atoms with Gasteiger partial charge in [-0.05, 0) is 51.1 Å². The highest BCUT2D eigenvalue weighted by Crippen LogP contribution is 2.32. The minimum Gasteiger partial charge on any atom is -0.489 e. The Bertz CT molecular complexity index is 954. The summed E-state index contributed by atoms with van der Waals surface area (Å²) in [6.07, 6.45) is 0. The number of halogens is 1. The number of anilines is 2. The van der Waals surface area contributed by atoms with Gasteiger partial charge in [0.25, 0.3) is 5.91 Å². The summed E-state index contributed by atoms with van der Waals surface area (Å²) >= 11 is 0. The van der Waals surface area contributed by atoms with Crippen molar-refractivity contribution in [1.29, 1.82) is 0 Å². The molecule has 0 aromatic heterocycles. The Morgan fingerprint density at radius 1 is 1.32 bits per heavy atom. The molecule has 1 amide bonds. The standard InChI is InChI=1S/C22H23FN2O3/c1-22(2,3)9-8-14-4-6-17(18(23)10-14)21(27)25-15-5-7-19-20(11-15)28-13-16(12-26)24-19/h4-7,10-11,16,24,26H,12-13H2,1-3H3,(H,25,27)/t16-/m1/s1. The predicted octanol–water partition coefficient (Wildman–Crippen LogP) is 3.64. The van der Waals surface area contributed by atoms with Crippen LogP contribution in [0.2, 0.25) is 0 Å². The number of hydrogen-bond acceptors (Lipinski definition) is 4. The summed E-state index contributed by atoms with van der Waals surface area (Å²) in [4.78, 5) is 12.5. The molecular weight excluding hydrogens is 359 g/mol. The summed E-state index contributed by atoms with van der Waals surface area (Å²) in [7, 11) is 0. The highest BCUT2D eigenvalue weighted by atomic mass is 19.1. The van der Waals surface area contributed by atoms with Crippen molar-refractivity contribution in [2.24, 2.45) is 5.41 Å². The van der Waals surface area contributed by atoms with Crippen molar-refractivity contribution in [2.75, 3.05) is 23.8 Å². The van der Waals surface area contributed by atoms with Crippen molar-refractivity contribution in [3.63, 3.8) is 0 Å². The number of fused-ring (bicyclic) bond motifs is 1. The average Bonchev–Trinajstić information content (AvgIpc) is 2.65. The molecule has 0 unspecified atom stereocenters. The first kappa shape index (κ1) is 19.7. The lowest BCUT2D eigenvalue weighted by Gasteiger charge is -2.26. The maximum atomic E-state index is 14.4. The van der Waals surface area contributed by atoms with Crippen LogP contribution in [0.1, 0.15) is 36.7 Å². The zero-order valence-electron chi connectivity index (χ0n) is 16.1. The van der Waals surface area contributed by atoms with Gasteiger partial charge in [0.2, 0.25) is 0 Å². The molecule has 2 aromatic rings. The van der Waals surface area contributed by atoms with Gasteiger partial charge in [-0.25, -0.2) is 4.39 Å². The number of rotatable bonds is 3. The van der Waals surface area contributed by atoms with Crippen LogP contribution in [0.4, 0.5) is 15.8 Å². The second kappa shape index (κ2) is 7.91. The molecule has 28 heavy (non-hydrogen) atoms. The Morgan fingerprint density at radius 3 is 2.79 bits per heavy atom. The summed E-state index contributed by atoms with van der Waals surface area (Å²) in [5.74, 6) is 5.35. The topological polar surface area (TPSA) is 70.6 Å². The largest absolute Gasteiger partial charge is 0.489 e. The van der Waals surface area contributed by atoms with Gasteiger partial charge in [-0.3, -0.25) is 4.79 Å². The van der Waals surface area contributed by atoms with Crippen molar-refractivity contribution >= 4 is 17.3 Å². The molecule has 0 bridgehead atoms. The molecule has 0 radical (unpaired) electrons. The molecule has 2 aromatic carbocycles. The second-order valence-corrected chi connectivity index (χ2v) is 7.69. The van der Waals surface area contributed by atoms with E-state index in [1.54, 1.807) is 24.3 Å². The van der Waals surface area contributed by atoms with Crippen LogP contribution >= 0.6 is 0 Å². The van der Waals surface area contributed by atoms with Gasteiger partial charge >= 0.3 is 0 Å². The van der Waals surface area contributed by atoms with Crippen LogP contribution in [0.15, 0.2) is 36.4 Å². The number of aliphatic hydroxyl groups excluding tert-OH is 1. The molecule has 6 heteroatoms. The molecule has 3 N–H and O–H groups in total. The Balaban J connectivity index is 1.74. The number of carbonyl (C=O) groups excluding carboxylic acids is 1. The first-order chi connectivity index (χ1) is 13.2. The highest BCUT2D eigenvalue weighted by Gasteiger charge is 2.19. The Kier molecular flexibility index (Phi) is 5.57. The molecule has 1 atom stereocenters.